The molecule has 0 radical (unpaired) electrons. The van der Waals surface area contributed by atoms with Gasteiger partial charge in [0.1, 0.15) is 16.5 Å². The van der Waals surface area contributed by atoms with E-state index in [0.717, 1.165) is 12.1 Å². The normalized spacial score (nSPS) is 16.4. The molecule has 0 aliphatic carbocycles. The molecule has 0 atom stereocenters. The van der Waals surface area contributed by atoms with E-state index < -0.39 is 32.2 Å². The Morgan fingerprint density at radius 2 is 1.89 bits per heavy atom. The highest BCUT2D eigenvalue weighted by atomic mass is 32.2. The van der Waals surface area contributed by atoms with E-state index >= 15 is 0 Å². The zero-order valence-corrected chi connectivity index (χ0v) is 11.0. The monoisotopic (exact) mass is 287 g/mol. The predicted molar refractivity (Wildman–Crippen MR) is 65.9 cm³/mol. The van der Waals surface area contributed by atoms with E-state index in [1.807, 2.05) is 0 Å². The Balaban J connectivity index is 2.13. The van der Waals surface area contributed by atoms with Crippen LogP contribution in [0.1, 0.15) is 0 Å². The summed E-state index contributed by atoms with van der Waals surface area (Å²) in [5.41, 5.74) is 0. The van der Waals surface area contributed by atoms with E-state index in [2.05, 4.69) is 0 Å². The van der Waals surface area contributed by atoms with E-state index in [9.17, 15) is 17.6 Å². The number of sulfone groups is 1. The van der Waals surface area contributed by atoms with Gasteiger partial charge in [-0.15, -0.1) is 0 Å². The highest BCUT2D eigenvalue weighted by Crippen LogP contribution is 2.16. The van der Waals surface area contributed by atoms with E-state index in [4.69, 9.17) is 4.74 Å². The van der Waals surface area contributed by atoms with Crippen LogP contribution in [0.4, 0.5) is 4.39 Å². The van der Waals surface area contributed by atoms with E-state index in [1.165, 1.54) is 17.0 Å². The second kappa shape index (κ2) is 5.66. The summed E-state index contributed by atoms with van der Waals surface area (Å²) in [5.74, 6) is -2.07. The van der Waals surface area contributed by atoms with Gasteiger partial charge in [-0.2, -0.15) is 0 Å². The molecule has 0 spiro atoms. The third-order valence-corrected chi connectivity index (χ3v) is 4.48. The molecule has 1 fully saturated rings. The van der Waals surface area contributed by atoms with Crippen LogP contribution in [0, 0.1) is 5.82 Å². The number of carbonyl (C=O) groups is 1. The van der Waals surface area contributed by atoms with Gasteiger partial charge in [0.05, 0.1) is 13.2 Å². The second-order valence-electron chi connectivity index (χ2n) is 4.18. The maximum absolute atomic E-state index is 13.5. The Hall–Kier alpha value is -1.47. The summed E-state index contributed by atoms with van der Waals surface area (Å²) in [4.78, 5) is 12.9. The number of rotatable bonds is 3. The highest BCUT2D eigenvalue weighted by Gasteiger charge is 2.26. The Labute approximate surface area is 110 Å². The second-order valence-corrected chi connectivity index (χ2v) is 6.14. The number of hydrogen-bond donors (Lipinski definition) is 0. The summed E-state index contributed by atoms with van der Waals surface area (Å²) >= 11 is 0. The van der Waals surface area contributed by atoms with E-state index in [-0.39, 0.29) is 0 Å². The van der Waals surface area contributed by atoms with Crippen LogP contribution in [0.5, 0.6) is 0 Å². The molecule has 0 unspecified atom stereocenters. The summed E-state index contributed by atoms with van der Waals surface area (Å²) in [5, 5.41) is 0. The van der Waals surface area contributed by atoms with Gasteiger partial charge in [-0.1, -0.05) is 12.1 Å². The quantitative estimate of drug-likeness (QED) is 0.810. The number of benzene rings is 1. The number of hydrogen-bond acceptors (Lipinski definition) is 4. The van der Waals surface area contributed by atoms with Crippen molar-refractivity contribution in [3.05, 3.63) is 30.1 Å². The van der Waals surface area contributed by atoms with Gasteiger partial charge < -0.3 is 9.64 Å². The van der Waals surface area contributed by atoms with Gasteiger partial charge in [0.25, 0.3) is 0 Å². The van der Waals surface area contributed by atoms with Gasteiger partial charge in [-0.05, 0) is 12.1 Å². The molecule has 0 N–H and O–H groups in total. The summed E-state index contributed by atoms with van der Waals surface area (Å²) in [6, 6.07) is 5.05. The molecule has 5 nitrogen and oxygen atoms in total. The fourth-order valence-electron chi connectivity index (χ4n) is 1.84. The van der Waals surface area contributed by atoms with Crippen LogP contribution in [-0.4, -0.2) is 51.3 Å². The summed E-state index contributed by atoms with van der Waals surface area (Å²) < 4.78 is 42.5. The van der Waals surface area contributed by atoms with Crippen molar-refractivity contribution in [2.24, 2.45) is 0 Å². The molecular weight excluding hydrogens is 273 g/mol. The number of halogens is 1. The molecule has 1 amide bonds. The fourth-order valence-corrected chi connectivity index (χ4v) is 3.16. The van der Waals surface area contributed by atoms with Crippen molar-refractivity contribution in [3.8, 4) is 0 Å². The van der Waals surface area contributed by atoms with Gasteiger partial charge in [0, 0.05) is 13.1 Å². The maximum Gasteiger partial charge on any atom is 0.238 e. The Bertz CT molecular complexity index is 567. The van der Waals surface area contributed by atoms with Crippen molar-refractivity contribution < 1.29 is 22.3 Å². The number of ether oxygens (including phenoxy) is 1. The third-order valence-electron chi connectivity index (χ3n) is 2.85. The number of nitrogens with zero attached hydrogens (tertiary/aromatic N) is 1. The van der Waals surface area contributed by atoms with Gasteiger partial charge in [-0.25, -0.2) is 12.8 Å². The third kappa shape index (κ3) is 3.30. The molecule has 1 saturated heterocycles. The lowest BCUT2D eigenvalue weighted by Gasteiger charge is -2.26. The van der Waals surface area contributed by atoms with Crippen molar-refractivity contribution >= 4 is 15.7 Å². The molecule has 1 aliphatic heterocycles. The molecule has 0 bridgehead atoms. The summed E-state index contributed by atoms with van der Waals surface area (Å²) in [6.45, 7) is 1.52. The minimum Gasteiger partial charge on any atom is -0.378 e. The molecule has 1 heterocycles. The lowest BCUT2D eigenvalue weighted by molar-refractivity contribution is -0.132. The van der Waals surface area contributed by atoms with Gasteiger partial charge in [0.15, 0.2) is 9.84 Å². The SMILES string of the molecule is O=C(CS(=O)(=O)c1ccccc1F)N1CCOCC1. The molecule has 1 aromatic rings. The van der Waals surface area contributed by atoms with Crippen molar-refractivity contribution in [2.45, 2.75) is 4.90 Å². The van der Waals surface area contributed by atoms with Crippen molar-refractivity contribution in [2.75, 3.05) is 32.1 Å². The minimum absolute atomic E-state index is 0.367. The van der Waals surface area contributed by atoms with Crippen LogP contribution >= 0.6 is 0 Å². The Morgan fingerprint density at radius 3 is 2.53 bits per heavy atom. The van der Waals surface area contributed by atoms with Crippen molar-refractivity contribution in [1.29, 1.82) is 0 Å². The van der Waals surface area contributed by atoms with Crippen LogP contribution in [0.25, 0.3) is 0 Å². The van der Waals surface area contributed by atoms with Gasteiger partial charge in [-0.3, -0.25) is 4.79 Å². The zero-order chi connectivity index (χ0) is 13.9. The molecular formula is C12H14FNO4S. The highest BCUT2D eigenvalue weighted by molar-refractivity contribution is 7.92. The van der Waals surface area contributed by atoms with Crippen molar-refractivity contribution in [3.63, 3.8) is 0 Å². The van der Waals surface area contributed by atoms with Crippen LogP contribution in [-0.2, 0) is 19.4 Å². The first-order chi connectivity index (χ1) is 9.00. The van der Waals surface area contributed by atoms with Crippen LogP contribution in [0.15, 0.2) is 29.2 Å². The van der Waals surface area contributed by atoms with E-state index in [0.29, 0.717) is 26.3 Å². The number of morpholine rings is 1. The topological polar surface area (TPSA) is 63.7 Å². The lowest BCUT2D eigenvalue weighted by atomic mass is 10.3. The smallest absolute Gasteiger partial charge is 0.238 e. The van der Waals surface area contributed by atoms with Crippen LogP contribution in [0.3, 0.4) is 0 Å². The first-order valence-corrected chi connectivity index (χ1v) is 7.49. The molecule has 1 aromatic carbocycles. The van der Waals surface area contributed by atoms with Crippen molar-refractivity contribution in [1.82, 2.24) is 4.90 Å². The largest absolute Gasteiger partial charge is 0.378 e. The average Bonchev–Trinajstić information content (AvgIpc) is 2.39. The molecule has 1 aliphatic rings. The zero-order valence-electron chi connectivity index (χ0n) is 10.2. The average molecular weight is 287 g/mol. The Kier molecular flexibility index (Phi) is 4.16. The summed E-state index contributed by atoms with van der Waals surface area (Å²) in [6.07, 6.45) is 0. The Morgan fingerprint density at radius 1 is 1.26 bits per heavy atom. The molecule has 0 aromatic heterocycles. The minimum atomic E-state index is -3.95. The first kappa shape index (κ1) is 14.0. The maximum atomic E-state index is 13.5. The number of carbonyl (C=O) groups excluding carboxylic acids is 1. The van der Waals surface area contributed by atoms with Crippen LogP contribution < -0.4 is 0 Å². The van der Waals surface area contributed by atoms with Gasteiger partial charge >= 0.3 is 0 Å². The van der Waals surface area contributed by atoms with Gasteiger partial charge in [0.2, 0.25) is 5.91 Å². The summed E-state index contributed by atoms with van der Waals surface area (Å²) in [7, 11) is -3.95. The lowest BCUT2D eigenvalue weighted by Crippen LogP contribution is -2.43. The molecule has 19 heavy (non-hydrogen) atoms. The standard InChI is InChI=1S/C12H14FNO4S/c13-10-3-1-2-4-11(10)19(16,17)9-12(15)14-5-7-18-8-6-14/h1-4H,5-9H2. The fraction of sp³-hybridized carbons (Fsp3) is 0.417. The molecule has 7 heteroatoms. The predicted octanol–water partition coefficient (Wildman–Crippen LogP) is 0.458. The van der Waals surface area contributed by atoms with Crippen LogP contribution in [0.2, 0.25) is 0 Å². The molecule has 104 valence electrons. The first-order valence-electron chi connectivity index (χ1n) is 5.83. The molecule has 0 saturated carbocycles. The van der Waals surface area contributed by atoms with E-state index in [1.54, 1.807) is 0 Å². The molecule has 2 rings (SSSR count). The number of amides is 1.